The Labute approximate surface area is 140 Å². The van der Waals surface area contributed by atoms with Gasteiger partial charge in [-0.25, -0.2) is 0 Å². The second-order valence-electron chi connectivity index (χ2n) is 4.78. The number of nitrogens with one attached hydrogen (secondary N) is 1. The van der Waals surface area contributed by atoms with Gasteiger partial charge in [-0.05, 0) is 24.3 Å². The predicted molar refractivity (Wildman–Crippen MR) is 92.4 cm³/mol. The van der Waals surface area contributed by atoms with E-state index < -0.39 is 0 Å². The lowest BCUT2D eigenvalue weighted by Gasteiger charge is -2.13. The van der Waals surface area contributed by atoms with E-state index in [1.54, 1.807) is 32.5 Å². The Hall–Kier alpha value is -2.47. The minimum absolute atomic E-state index is 0.201. The fourth-order valence-corrected chi connectivity index (χ4v) is 2.36. The third kappa shape index (κ3) is 4.50. The molecule has 0 unspecified atom stereocenters. The SMILES string of the molecule is COc1cccc(OC)c1CC(=S)CNC(=O)c1cccnc1. The Morgan fingerprint density at radius 1 is 1.17 bits per heavy atom. The molecule has 1 aromatic heterocycles. The normalized spacial score (nSPS) is 10.0. The van der Waals surface area contributed by atoms with E-state index in [1.807, 2.05) is 18.2 Å². The van der Waals surface area contributed by atoms with E-state index in [0.717, 1.165) is 5.56 Å². The Morgan fingerprint density at radius 3 is 2.43 bits per heavy atom. The first kappa shape index (κ1) is 16.9. The van der Waals surface area contributed by atoms with Crippen LogP contribution in [0, 0.1) is 0 Å². The van der Waals surface area contributed by atoms with Gasteiger partial charge in [0, 0.05) is 35.8 Å². The molecule has 0 fully saturated rings. The Morgan fingerprint density at radius 2 is 1.87 bits per heavy atom. The van der Waals surface area contributed by atoms with E-state index in [9.17, 15) is 4.79 Å². The highest BCUT2D eigenvalue weighted by molar-refractivity contribution is 7.80. The van der Waals surface area contributed by atoms with Crippen molar-refractivity contribution in [3.8, 4) is 11.5 Å². The van der Waals surface area contributed by atoms with Crippen LogP contribution in [0.1, 0.15) is 15.9 Å². The summed E-state index contributed by atoms with van der Waals surface area (Å²) < 4.78 is 10.7. The molecule has 0 bridgehead atoms. The molecule has 6 heteroatoms. The lowest BCUT2D eigenvalue weighted by Crippen LogP contribution is -2.29. The number of thiocarbonyl (C=S) groups is 1. The smallest absolute Gasteiger partial charge is 0.253 e. The van der Waals surface area contributed by atoms with Crippen molar-refractivity contribution in [1.82, 2.24) is 10.3 Å². The van der Waals surface area contributed by atoms with Gasteiger partial charge in [0.25, 0.3) is 5.91 Å². The van der Waals surface area contributed by atoms with Gasteiger partial charge in [0.15, 0.2) is 0 Å². The van der Waals surface area contributed by atoms with Gasteiger partial charge in [-0.2, -0.15) is 0 Å². The van der Waals surface area contributed by atoms with Gasteiger partial charge in [-0.1, -0.05) is 18.3 Å². The van der Waals surface area contributed by atoms with Crippen LogP contribution in [0.15, 0.2) is 42.7 Å². The van der Waals surface area contributed by atoms with Crippen LogP contribution in [-0.4, -0.2) is 36.5 Å². The quantitative estimate of drug-likeness (QED) is 0.790. The summed E-state index contributed by atoms with van der Waals surface area (Å²) >= 11 is 5.38. The average Bonchev–Trinajstić information content (AvgIpc) is 2.60. The van der Waals surface area contributed by atoms with Gasteiger partial charge in [-0.15, -0.1) is 0 Å². The minimum atomic E-state index is -0.201. The Kier molecular flexibility index (Phi) is 6.05. The number of carbonyl (C=O) groups excluding carboxylic acids is 1. The number of hydrogen-bond donors (Lipinski definition) is 1. The number of amides is 1. The molecule has 1 aromatic carbocycles. The topological polar surface area (TPSA) is 60.5 Å². The summed E-state index contributed by atoms with van der Waals surface area (Å²) in [6.07, 6.45) is 3.62. The first-order valence-electron chi connectivity index (χ1n) is 7.05. The van der Waals surface area contributed by atoms with Gasteiger partial charge in [0.1, 0.15) is 11.5 Å². The minimum Gasteiger partial charge on any atom is -0.496 e. The second-order valence-corrected chi connectivity index (χ2v) is 5.36. The van der Waals surface area contributed by atoms with Crippen LogP contribution in [0.3, 0.4) is 0 Å². The third-order valence-electron chi connectivity index (χ3n) is 3.27. The van der Waals surface area contributed by atoms with Crippen molar-refractivity contribution in [2.75, 3.05) is 20.8 Å². The van der Waals surface area contributed by atoms with Crippen LogP contribution < -0.4 is 14.8 Å². The molecule has 0 spiro atoms. The van der Waals surface area contributed by atoms with Crippen molar-refractivity contribution in [3.63, 3.8) is 0 Å². The van der Waals surface area contributed by atoms with Gasteiger partial charge < -0.3 is 14.8 Å². The van der Waals surface area contributed by atoms with Crippen molar-refractivity contribution in [1.29, 1.82) is 0 Å². The van der Waals surface area contributed by atoms with E-state index in [2.05, 4.69) is 10.3 Å². The monoisotopic (exact) mass is 330 g/mol. The molecule has 5 nitrogen and oxygen atoms in total. The first-order chi connectivity index (χ1) is 11.2. The highest BCUT2D eigenvalue weighted by atomic mass is 32.1. The standard InChI is InChI=1S/C17H18N2O3S/c1-21-15-6-3-7-16(22-2)14(15)9-13(23)11-19-17(20)12-5-4-8-18-10-12/h3-8,10H,9,11H2,1-2H3,(H,19,20). The molecular weight excluding hydrogens is 312 g/mol. The molecule has 0 radical (unpaired) electrons. The summed E-state index contributed by atoms with van der Waals surface area (Å²) in [7, 11) is 3.21. The van der Waals surface area contributed by atoms with Crippen LogP contribution >= 0.6 is 12.2 Å². The van der Waals surface area contributed by atoms with Crippen LogP contribution in [0.4, 0.5) is 0 Å². The zero-order valence-corrected chi connectivity index (χ0v) is 13.9. The highest BCUT2D eigenvalue weighted by Crippen LogP contribution is 2.28. The highest BCUT2D eigenvalue weighted by Gasteiger charge is 2.13. The van der Waals surface area contributed by atoms with Crippen molar-refractivity contribution in [2.45, 2.75) is 6.42 Å². The molecule has 1 N–H and O–H groups in total. The number of carbonyl (C=O) groups is 1. The summed E-state index contributed by atoms with van der Waals surface area (Å²) in [5, 5.41) is 2.79. The molecular formula is C17H18N2O3S. The van der Waals surface area contributed by atoms with Crippen molar-refractivity contribution >= 4 is 23.0 Å². The molecule has 0 saturated heterocycles. The van der Waals surface area contributed by atoms with Gasteiger partial charge in [-0.3, -0.25) is 9.78 Å². The fraction of sp³-hybridized carbons (Fsp3) is 0.235. The average molecular weight is 330 g/mol. The summed E-state index contributed by atoms with van der Waals surface area (Å²) in [4.78, 5) is 16.6. The lowest BCUT2D eigenvalue weighted by molar-refractivity contribution is 0.0959. The molecule has 0 atom stereocenters. The maximum atomic E-state index is 12.0. The van der Waals surface area contributed by atoms with Gasteiger partial charge in [0.05, 0.1) is 19.8 Å². The van der Waals surface area contributed by atoms with Crippen molar-refractivity contribution < 1.29 is 14.3 Å². The summed E-state index contributed by atoms with van der Waals surface area (Å²) in [6, 6.07) is 8.99. The van der Waals surface area contributed by atoms with Crippen molar-refractivity contribution in [3.05, 3.63) is 53.9 Å². The van der Waals surface area contributed by atoms with E-state index in [4.69, 9.17) is 21.7 Å². The molecule has 120 valence electrons. The molecule has 1 amide bonds. The number of pyridine rings is 1. The molecule has 0 aliphatic rings. The maximum absolute atomic E-state index is 12.0. The predicted octanol–water partition coefficient (Wildman–Crippen LogP) is 2.44. The summed E-state index contributed by atoms with van der Waals surface area (Å²) in [6.45, 7) is 0.296. The van der Waals surface area contributed by atoms with E-state index in [1.165, 1.54) is 6.20 Å². The molecule has 23 heavy (non-hydrogen) atoms. The molecule has 1 heterocycles. The van der Waals surface area contributed by atoms with E-state index >= 15 is 0 Å². The number of benzene rings is 1. The first-order valence-corrected chi connectivity index (χ1v) is 7.46. The van der Waals surface area contributed by atoms with E-state index in [-0.39, 0.29) is 5.91 Å². The second kappa shape index (κ2) is 8.24. The zero-order valence-electron chi connectivity index (χ0n) is 13.0. The van der Waals surface area contributed by atoms with Crippen molar-refractivity contribution in [2.24, 2.45) is 0 Å². The van der Waals surface area contributed by atoms with E-state index in [0.29, 0.717) is 34.9 Å². The molecule has 0 aliphatic heterocycles. The number of hydrogen-bond acceptors (Lipinski definition) is 5. The summed E-state index contributed by atoms with van der Waals surface area (Å²) in [5.41, 5.74) is 1.38. The zero-order chi connectivity index (χ0) is 16.7. The number of rotatable bonds is 7. The van der Waals surface area contributed by atoms with Crippen LogP contribution in [-0.2, 0) is 6.42 Å². The molecule has 2 rings (SSSR count). The largest absolute Gasteiger partial charge is 0.496 e. The maximum Gasteiger partial charge on any atom is 0.253 e. The molecule has 0 saturated carbocycles. The Balaban J connectivity index is 1.99. The number of methoxy groups -OCH3 is 2. The fourth-order valence-electron chi connectivity index (χ4n) is 2.14. The molecule has 2 aromatic rings. The number of ether oxygens (including phenoxy) is 2. The Bertz CT molecular complexity index is 667. The molecule has 0 aliphatic carbocycles. The van der Waals surface area contributed by atoms with Crippen LogP contribution in [0.25, 0.3) is 0 Å². The number of nitrogens with zero attached hydrogens (tertiary/aromatic N) is 1. The third-order valence-corrected chi connectivity index (χ3v) is 3.56. The lowest BCUT2D eigenvalue weighted by atomic mass is 10.1. The van der Waals surface area contributed by atoms with Gasteiger partial charge in [0.2, 0.25) is 0 Å². The van der Waals surface area contributed by atoms with Crippen LogP contribution in [0.2, 0.25) is 0 Å². The van der Waals surface area contributed by atoms with Crippen LogP contribution in [0.5, 0.6) is 11.5 Å². The number of aromatic nitrogens is 1. The summed E-state index contributed by atoms with van der Waals surface area (Å²) in [5.74, 6) is 1.23. The van der Waals surface area contributed by atoms with Gasteiger partial charge >= 0.3 is 0 Å².